The zero-order valence-corrected chi connectivity index (χ0v) is 9.14. The first-order valence-corrected chi connectivity index (χ1v) is 4.74. The van der Waals surface area contributed by atoms with Crippen molar-refractivity contribution in [2.45, 2.75) is 20.3 Å². The first-order valence-electron chi connectivity index (χ1n) is 4.36. The summed E-state index contributed by atoms with van der Waals surface area (Å²) in [5.74, 6) is 1.13. The van der Waals surface area contributed by atoms with E-state index in [1.807, 2.05) is 6.92 Å². The average molecular weight is 213 g/mol. The van der Waals surface area contributed by atoms with Crippen molar-refractivity contribution < 1.29 is 4.74 Å². The number of halogens is 1. The Labute approximate surface area is 88.8 Å². The van der Waals surface area contributed by atoms with Gasteiger partial charge in [-0.3, -0.25) is 0 Å². The highest BCUT2D eigenvalue weighted by molar-refractivity contribution is 6.29. The van der Waals surface area contributed by atoms with Crippen molar-refractivity contribution in [3.8, 4) is 5.88 Å². The van der Waals surface area contributed by atoms with E-state index < -0.39 is 0 Å². The van der Waals surface area contributed by atoms with Crippen LogP contribution in [0.3, 0.4) is 0 Å². The van der Waals surface area contributed by atoms with Gasteiger partial charge in [0.25, 0.3) is 0 Å². The molecule has 0 bridgehead atoms. The lowest BCUT2D eigenvalue weighted by molar-refractivity contribution is 0.308. The second kappa shape index (κ2) is 4.96. The van der Waals surface area contributed by atoms with Gasteiger partial charge in [-0.25, -0.2) is 4.98 Å². The van der Waals surface area contributed by atoms with Crippen LogP contribution in [0.25, 0.3) is 0 Å². The third-order valence-electron chi connectivity index (χ3n) is 1.56. The number of hydrogen-bond donors (Lipinski definition) is 0. The topological polar surface area (TPSA) is 35.0 Å². The smallest absolute Gasteiger partial charge is 0.218 e. The number of rotatable bonds is 4. The first-order chi connectivity index (χ1) is 6.58. The van der Waals surface area contributed by atoms with E-state index in [2.05, 4.69) is 16.5 Å². The molecule has 0 aliphatic heterocycles. The molecule has 0 spiro atoms. The van der Waals surface area contributed by atoms with Crippen LogP contribution in [-0.2, 0) is 0 Å². The summed E-state index contributed by atoms with van der Waals surface area (Å²) in [6.07, 6.45) is 0.820. The van der Waals surface area contributed by atoms with Crippen molar-refractivity contribution >= 4 is 11.6 Å². The fourth-order valence-corrected chi connectivity index (χ4v) is 1.12. The van der Waals surface area contributed by atoms with Gasteiger partial charge in [-0.15, -0.1) is 6.58 Å². The summed E-state index contributed by atoms with van der Waals surface area (Å²) in [7, 11) is 0. The Hall–Kier alpha value is -1.09. The maximum atomic E-state index is 5.74. The lowest BCUT2D eigenvalue weighted by atomic mass is 10.3. The maximum absolute atomic E-state index is 5.74. The third-order valence-corrected chi connectivity index (χ3v) is 1.76. The van der Waals surface area contributed by atoms with Crippen LogP contribution in [0.4, 0.5) is 0 Å². The van der Waals surface area contributed by atoms with Gasteiger partial charge < -0.3 is 4.74 Å². The average Bonchev–Trinajstić information content (AvgIpc) is 2.01. The highest BCUT2D eigenvalue weighted by atomic mass is 35.5. The zero-order chi connectivity index (χ0) is 10.6. The first kappa shape index (κ1) is 11.0. The molecule has 0 aliphatic carbocycles. The van der Waals surface area contributed by atoms with Gasteiger partial charge in [0, 0.05) is 12.5 Å². The lowest BCUT2D eigenvalue weighted by Gasteiger charge is -2.05. The molecule has 0 fully saturated rings. The van der Waals surface area contributed by atoms with E-state index in [0.717, 1.165) is 12.0 Å². The summed E-state index contributed by atoms with van der Waals surface area (Å²) in [6.45, 7) is 8.09. The Morgan fingerprint density at radius 1 is 1.57 bits per heavy atom. The Kier molecular flexibility index (Phi) is 3.89. The molecule has 0 amide bonds. The summed E-state index contributed by atoms with van der Waals surface area (Å²) in [5.41, 5.74) is 1.09. The quantitative estimate of drug-likeness (QED) is 0.569. The minimum atomic E-state index is 0.405. The fourth-order valence-electron chi connectivity index (χ4n) is 0.909. The summed E-state index contributed by atoms with van der Waals surface area (Å²) in [4.78, 5) is 8.02. The van der Waals surface area contributed by atoms with E-state index in [9.17, 15) is 0 Å². The summed E-state index contributed by atoms with van der Waals surface area (Å²) in [5, 5.41) is 0.405. The molecule has 0 aliphatic rings. The van der Waals surface area contributed by atoms with Crippen molar-refractivity contribution in [1.29, 1.82) is 0 Å². The molecule has 1 aromatic heterocycles. The molecule has 0 saturated heterocycles. The Morgan fingerprint density at radius 3 is 2.86 bits per heavy atom. The SMILES string of the molecule is C=C(C)CCOc1cc(Cl)nc(C)n1. The lowest BCUT2D eigenvalue weighted by Crippen LogP contribution is -2.01. The van der Waals surface area contributed by atoms with Crippen molar-refractivity contribution in [2.24, 2.45) is 0 Å². The van der Waals surface area contributed by atoms with E-state index in [1.54, 1.807) is 13.0 Å². The molecule has 0 saturated carbocycles. The van der Waals surface area contributed by atoms with Crippen molar-refractivity contribution in [3.63, 3.8) is 0 Å². The molecule has 1 heterocycles. The van der Waals surface area contributed by atoms with Crippen LogP contribution < -0.4 is 4.74 Å². The molecule has 0 aromatic carbocycles. The zero-order valence-electron chi connectivity index (χ0n) is 8.38. The molecule has 1 rings (SSSR count). The Morgan fingerprint density at radius 2 is 2.29 bits per heavy atom. The van der Waals surface area contributed by atoms with Crippen LogP contribution in [0.15, 0.2) is 18.2 Å². The molecular weight excluding hydrogens is 200 g/mol. The van der Waals surface area contributed by atoms with Gasteiger partial charge in [0.05, 0.1) is 6.61 Å². The van der Waals surface area contributed by atoms with Crippen molar-refractivity contribution in [1.82, 2.24) is 9.97 Å². The largest absolute Gasteiger partial charge is 0.477 e. The van der Waals surface area contributed by atoms with E-state index in [4.69, 9.17) is 16.3 Å². The number of ether oxygens (including phenoxy) is 1. The second-order valence-corrected chi connectivity index (χ2v) is 3.52. The summed E-state index contributed by atoms with van der Waals surface area (Å²) >= 11 is 5.74. The van der Waals surface area contributed by atoms with E-state index >= 15 is 0 Å². The molecule has 76 valence electrons. The molecule has 0 radical (unpaired) electrons. The maximum Gasteiger partial charge on any atom is 0.218 e. The van der Waals surface area contributed by atoms with Gasteiger partial charge in [0.15, 0.2) is 0 Å². The van der Waals surface area contributed by atoms with Crippen LogP contribution in [-0.4, -0.2) is 16.6 Å². The Bertz CT molecular complexity index is 319. The predicted octanol–water partition coefficient (Wildman–Crippen LogP) is 2.78. The number of aromatic nitrogens is 2. The minimum absolute atomic E-state index is 0.405. The van der Waals surface area contributed by atoms with Crippen LogP contribution in [0.5, 0.6) is 5.88 Å². The van der Waals surface area contributed by atoms with E-state index in [-0.39, 0.29) is 0 Å². The van der Waals surface area contributed by atoms with E-state index in [0.29, 0.717) is 23.5 Å². The van der Waals surface area contributed by atoms with Crippen LogP contribution in [0.2, 0.25) is 5.15 Å². The molecule has 14 heavy (non-hydrogen) atoms. The van der Waals surface area contributed by atoms with Crippen molar-refractivity contribution in [3.05, 3.63) is 29.2 Å². The highest BCUT2D eigenvalue weighted by Crippen LogP contribution is 2.13. The molecule has 1 aromatic rings. The molecular formula is C10H13ClN2O. The van der Waals surface area contributed by atoms with Crippen molar-refractivity contribution in [2.75, 3.05) is 6.61 Å². The second-order valence-electron chi connectivity index (χ2n) is 3.13. The summed E-state index contributed by atoms with van der Waals surface area (Å²) in [6, 6.07) is 1.60. The minimum Gasteiger partial charge on any atom is -0.477 e. The van der Waals surface area contributed by atoms with Gasteiger partial charge in [-0.05, 0) is 13.8 Å². The highest BCUT2D eigenvalue weighted by Gasteiger charge is 2.00. The number of nitrogens with zero attached hydrogens (tertiary/aromatic N) is 2. The third kappa shape index (κ3) is 3.75. The summed E-state index contributed by atoms with van der Waals surface area (Å²) < 4.78 is 5.38. The molecule has 0 N–H and O–H groups in total. The standard InChI is InChI=1S/C10H13ClN2O/c1-7(2)4-5-14-10-6-9(11)12-8(3)13-10/h6H,1,4-5H2,2-3H3. The van der Waals surface area contributed by atoms with Gasteiger partial charge >= 0.3 is 0 Å². The molecule has 0 atom stereocenters. The molecule has 0 unspecified atom stereocenters. The number of aryl methyl sites for hydroxylation is 1. The monoisotopic (exact) mass is 212 g/mol. The van der Waals surface area contributed by atoms with Gasteiger partial charge in [0.1, 0.15) is 11.0 Å². The predicted molar refractivity (Wildman–Crippen MR) is 56.7 cm³/mol. The van der Waals surface area contributed by atoms with Crippen LogP contribution in [0.1, 0.15) is 19.2 Å². The van der Waals surface area contributed by atoms with Gasteiger partial charge in [0.2, 0.25) is 5.88 Å². The number of hydrogen-bond acceptors (Lipinski definition) is 3. The fraction of sp³-hybridized carbons (Fsp3) is 0.400. The van der Waals surface area contributed by atoms with Gasteiger partial charge in [-0.1, -0.05) is 17.2 Å². The normalized spacial score (nSPS) is 9.93. The van der Waals surface area contributed by atoms with E-state index in [1.165, 1.54) is 0 Å². The van der Waals surface area contributed by atoms with Crippen LogP contribution in [0, 0.1) is 6.92 Å². The molecule has 4 heteroatoms. The van der Waals surface area contributed by atoms with Gasteiger partial charge in [-0.2, -0.15) is 4.98 Å². The molecule has 3 nitrogen and oxygen atoms in total. The van der Waals surface area contributed by atoms with Crippen LogP contribution >= 0.6 is 11.6 Å². The Balaban J connectivity index is 2.54.